The number of carboxylic acid groups (broad SMARTS) is 1. The summed E-state index contributed by atoms with van der Waals surface area (Å²) >= 11 is 0. The molecule has 0 aliphatic heterocycles. The monoisotopic (exact) mass is 525 g/mol. The first-order chi connectivity index (χ1) is 17.4. The Balaban J connectivity index is 3.34. The zero-order chi connectivity index (χ0) is 28.2. The van der Waals surface area contributed by atoms with E-state index >= 15 is 0 Å². The van der Waals surface area contributed by atoms with Gasteiger partial charge in [0.1, 0.15) is 6.04 Å². The van der Waals surface area contributed by atoms with Crippen LogP contribution in [0.5, 0.6) is 11.5 Å². The fourth-order valence-corrected chi connectivity index (χ4v) is 3.20. The SMILES string of the molecule is CCCOC(=O)Oc1ccc(C(C(C)COC(=O)C(C)(C)CC)[C@H](N)C(=O)O)cc1OC(=O)OCCC. The Hall–Kier alpha value is -3.34. The number of ether oxygens (including phenoxy) is 5. The first-order valence-electron chi connectivity index (χ1n) is 12.4. The number of nitrogens with two attached hydrogens (primary N) is 1. The summed E-state index contributed by atoms with van der Waals surface area (Å²) in [5.41, 5.74) is 5.69. The fourth-order valence-electron chi connectivity index (χ4n) is 3.20. The van der Waals surface area contributed by atoms with Gasteiger partial charge in [0, 0.05) is 5.92 Å². The molecular formula is C26H39NO10. The minimum atomic E-state index is -1.38. The molecule has 2 unspecified atom stereocenters. The number of rotatable bonds is 14. The highest BCUT2D eigenvalue weighted by molar-refractivity contribution is 5.76. The summed E-state index contributed by atoms with van der Waals surface area (Å²) in [5.74, 6) is -3.41. The Kier molecular flexibility index (Phi) is 12.9. The van der Waals surface area contributed by atoms with Crippen molar-refractivity contribution in [1.82, 2.24) is 0 Å². The van der Waals surface area contributed by atoms with Gasteiger partial charge in [-0.05, 0) is 56.7 Å². The Morgan fingerprint density at radius 2 is 1.46 bits per heavy atom. The molecule has 0 saturated carbocycles. The second-order valence-corrected chi connectivity index (χ2v) is 9.31. The van der Waals surface area contributed by atoms with E-state index in [0.717, 1.165) is 0 Å². The van der Waals surface area contributed by atoms with Crippen LogP contribution in [-0.4, -0.2) is 55.2 Å². The summed E-state index contributed by atoms with van der Waals surface area (Å²) in [5, 5.41) is 9.65. The molecule has 0 radical (unpaired) electrons. The number of aliphatic carboxylic acids is 1. The topological polar surface area (TPSA) is 161 Å². The lowest BCUT2D eigenvalue weighted by Crippen LogP contribution is -2.41. The molecule has 208 valence electrons. The third kappa shape index (κ3) is 9.91. The molecule has 3 N–H and O–H groups in total. The third-order valence-corrected chi connectivity index (χ3v) is 5.79. The molecule has 0 spiro atoms. The molecule has 0 bridgehead atoms. The molecule has 0 heterocycles. The number of carbonyl (C=O) groups excluding carboxylic acids is 3. The summed E-state index contributed by atoms with van der Waals surface area (Å²) in [7, 11) is 0. The second-order valence-electron chi connectivity index (χ2n) is 9.31. The number of hydrogen-bond donors (Lipinski definition) is 2. The Morgan fingerprint density at radius 3 is 1.95 bits per heavy atom. The molecule has 1 aromatic rings. The van der Waals surface area contributed by atoms with E-state index in [2.05, 4.69) is 0 Å². The van der Waals surface area contributed by atoms with Crippen LogP contribution in [0, 0.1) is 11.3 Å². The molecule has 3 atom stereocenters. The van der Waals surface area contributed by atoms with Crippen molar-refractivity contribution >= 4 is 24.2 Å². The van der Waals surface area contributed by atoms with Gasteiger partial charge in [-0.2, -0.15) is 0 Å². The molecule has 0 aliphatic carbocycles. The molecule has 0 amide bonds. The summed E-state index contributed by atoms with van der Waals surface area (Å²) in [6.45, 7) is 10.8. The number of carbonyl (C=O) groups is 4. The van der Waals surface area contributed by atoms with Crippen molar-refractivity contribution in [2.75, 3.05) is 19.8 Å². The molecule has 0 saturated heterocycles. The standard InChI is InChI=1S/C26H39NO10/c1-7-12-33-24(31)36-18-11-10-17(14-19(18)37-25(32)34-13-8-2)20(21(27)22(28)29)16(4)15-35-23(30)26(5,6)9-3/h10-11,14,16,20-21H,7-9,12-13,15,27H2,1-6H3,(H,28,29)/t16?,20?,21-/m0/s1. The highest BCUT2D eigenvalue weighted by atomic mass is 16.7. The first kappa shape index (κ1) is 31.7. The van der Waals surface area contributed by atoms with Gasteiger partial charge in [-0.3, -0.25) is 9.59 Å². The van der Waals surface area contributed by atoms with E-state index in [1.807, 2.05) is 13.8 Å². The van der Waals surface area contributed by atoms with Gasteiger partial charge in [0.05, 0.1) is 25.2 Å². The quantitative estimate of drug-likeness (QED) is 0.198. The van der Waals surface area contributed by atoms with Crippen molar-refractivity contribution in [3.63, 3.8) is 0 Å². The molecule has 0 fully saturated rings. The van der Waals surface area contributed by atoms with E-state index in [4.69, 9.17) is 29.4 Å². The van der Waals surface area contributed by atoms with Crippen molar-refractivity contribution < 1.29 is 48.0 Å². The Labute approximate surface area is 217 Å². The maximum Gasteiger partial charge on any atom is 0.513 e. The van der Waals surface area contributed by atoms with E-state index < -0.39 is 47.5 Å². The number of hydrogen-bond acceptors (Lipinski definition) is 10. The van der Waals surface area contributed by atoms with Crippen molar-refractivity contribution in [3.05, 3.63) is 23.8 Å². The molecule has 11 nitrogen and oxygen atoms in total. The van der Waals surface area contributed by atoms with E-state index in [1.165, 1.54) is 18.2 Å². The van der Waals surface area contributed by atoms with Gasteiger partial charge in [-0.1, -0.05) is 33.8 Å². The van der Waals surface area contributed by atoms with Crippen molar-refractivity contribution in [1.29, 1.82) is 0 Å². The average Bonchev–Trinajstić information content (AvgIpc) is 2.85. The summed E-state index contributed by atoms with van der Waals surface area (Å²) < 4.78 is 25.8. The van der Waals surface area contributed by atoms with Crippen LogP contribution in [0.4, 0.5) is 9.59 Å². The van der Waals surface area contributed by atoms with E-state index in [1.54, 1.807) is 27.7 Å². The van der Waals surface area contributed by atoms with Gasteiger partial charge in [0.2, 0.25) is 0 Å². The number of benzene rings is 1. The van der Waals surface area contributed by atoms with Crippen LogP contribution in [0.2, 0.25) is 0 Å². The lowest BCUT2D eigenvalue weighted by molar-refractivity contribution is -0.155. The maximum absolute atomic E-state index is 12.4. The van der Waals surface area contributed by atoms with Crippen LogP contribution >= 0.6 is 0 Å². The van der Waals surface area contributed by atoms with Crippen LogP contribution in [0.25, 0.3) is 0 Å². The first-order valence-corrected chi connectivity index (χ1v) is 12.4. The van der Waals surface area contributed by atoms with Gasteiger partial charge < -0.3 is 34.5 Å². The largest absolute Gasteiger partial charge is 0.513 e. The minimum Gasteiger partial charge on any atom is -0.480 e. The molecule has 1 aromatic carbocycles. The summed E-state index contributed by atoms with van der Waals surface area (Å²) in [4.78, 5) is 48.4. The zero-order valence-corrected chi connectivity index (χ0v) is 22.4. The van der Waals surface area contributed by atoms with Gasteiger partial charge >= 0.3 is 24.2 Å². The van der Waals surface area contributed by atoms with Crippen molar-refractivity contribution in [3.8, 4) is 11.5 Å². The second kappa shape index (κ2) is 15.0. The van der Waals surface area contributed by atoms with Crippen molar-refractivity contribution in [2.24, 2.45) is 17.1 Å². The molecular weight excluding hydrogens is 486 g/mol. The minimum absolute atomic E-state index is 0.0930. The smallest absolute Gasteiger partial charge is 0.480 e. The third-order valence-electron chi connectivity index (χ3n) is 5.79. The van der Waals surface area contributed by atoms with Crippen LogP contribution in [-0.2, 0) is 23.8 Å². The number of carboxylic acids is 1. The van der Waals surface area contributed by atoms with Gasteiger partial charge in [-0.15, -0.1) is 0 Å². The Bertz CT molecular complexity index is 930. The van der Waals surface area contributed by atoms with Crippen molar-refractivity contribution in [2.45, 2.75) is 72.8 Å². The highest BCUT2D eigenvalue weighted by Crippen LogP contribution is 2.36. The predicted molar refractivity (Wildman–Crippen MR) is 134 cm³/mol. The highest BCUT2D eigenvalue weighted by Gasteiger charge is 2.34. The van der Waals surface area contributed by atoms with Gasteiger partial charge in [-0.25, -0.2) is 9.59 Å². The molecule has 0 aliphatic rings. The molecule has 0 aromatic heterocycles. The summed E-state index contributed by atoms with van der Waals surface area (Å²) in [6, 6.07) is 2.80. The summed E-state index contributed by atoms with van der Waals surface area (Å²) in [6.07, 6.45) is -0.335. The lowest BCUT2D eigenvalue weighted by Gasteiger charge is -2.29. The Morgan fingerprint density at radius 1 is 0.919 bits per heavy atom. The number of esters is 1. The van der Waals surface area contributed by atoms with Crippen LogP contribution in [0.15, 0.2) is 18.2 Å². The van der Waals surface area contributed by atoms with Gasteiger partial charge in [0.25, 0.3) is 0 Å². The molecule has 37 heavy (non-hydrogen) atoms. The average molecular weight is 526 g/mol. The maximum atomic E-state index is 12.4. The zero-order valence-electron chi connectivity index (χ0n) is 22.4. The van der Waals surface area contributed by atoms with Crippen LogP contribution in [0.3, 0.4) is 0 Å². The van der Waals surface area contributed by atoms with E-state index in [9.17, 15) is 24.3 Å². The molecule has 11 heteroatoms. The van der Waals surface area contributed by atoms with E-state index in [0.29, 0.717) is 24.8 Å². The fraction of sp³-hybridized carbons (Fsp3) is 0.615. The lowest BCUT2D eigenvalue weighted by atomic mass is 9.81. The van der Waals surface area contributed by atoms with Crippen LogP contribution < -0.4 is 15.2 Å². The predicted octanol–water partition coefficient (Wildman–Crippen LogP) is 4.65. The van der Waals surface area contributed by atoms with Crippen LogP contribution in [0.1, 0.15) is 72.3 Å². The molecule has 1 rings (SSSR count). The normalized spacial score (nSPS) is 13.6. The van der Waals surface area contributed by atoms with Gasteiger partial charge in [0.15, 0.2) is 11.5 Å². The van der Waals surface area contributed by atoms with E-state index in [-0.39, 0.29) is 31.3 Å².